The van der Waals surface area contributed by atoms with Crippen LogP contribution in [0.25, 0.3) is 105 Å². The minimum Gasteiger partial charge on any atom is -0.309 e. The van der Waals surface area contributed by atoms with Gasteiger partial charge in [0.1, 0.15) is 0 Å². The summed E-state index contributed by atoms with van der Waals surface area (Å²) in [6, 6.07) is 8.90. The van der Waals surface area contributed by atoms with Crippen molar-refractivity contribution in [3.63, 3.8) is 0 Å². The smallest absolute Gasteiger partial charge is 0.0782 e. The third-order valence-electron chi connectivity index (χ3n) is 10.3. The van der Waals surface area contributed by atoms with Crippen LogP contribution in [0.3, 0.4) is 0 Å². The minimum absolute atomic E-state index is 0.179. The van der Waals surface area contributed by atoms with E-state index in [1.54, 1.807) is 72.8 Å². The van der Waals surface area contributed by atoms with E-state index in [0.717, 1.165) is 4.57 Å². The third-order valence-corrected chi connectivity index (χ3v) is 10.3. The molecule has 9 aromatic carbocycles. The first-order chi connectivity index (χ1) is 37.1. The van der Waals surface area contributed by atoms with Crippen LogP contribution in [0.1, 0.15) is 28.8 Å². The van der Waals surface area contributed by atoms with Crippen molar-refractivity contribution in [3.05, 3.63) is 212 Å². The lowest BCUT2D eigenvalue weighted by Gasteiger charge is -2.15. The second kappa shape index (κ2) is 12.5. The van der Waals surface area contributed by atoms with E-state index in [4.69, 9.17) is 9.60 Å². The Morgan fingerprint density at radius 3 is 1.68 bits per heavy atom. The highest BCUT2D eigenvalue weighted by Crippen LogP contribution is 2.44. The molecule has 266 valence electrons. The van der Waals surface area contributed by atoms with Crippen molar-refractivity contribution in [2.45, 2.75) is 0 Å². The number of fused-ring (bicyclic) bond motifs is 9. The molecule has 3 heteroatoms. The van der Waals surface area contributed by atoms with E-state index in [-0.39, 0.29) is 49.3 Å². The van der Waals surface area contributed by atoms with Crippen LogP contribution in [0.15, 0.2) is 212 Å². The van der Waals surface area contributed by atoms with Crippen LogP contribution < -0.4 is 0 Å². The molecule has 0 aliphatic rings. The molecule has 0 aliphatic carbocycles. The highest BCUT2D eigenvalue weighted by atomic mass is 15.1. The van der Waals surface area contributed by atoms with Crippen LogP contribution in [-0.4, -0.2) is 13.7 Å². The lowest BCUT2D eigenvalue weighted by molar-refractivity contribution is 1.13. The molecule has 57 heavy (non-hydrogen) atoms. The van der Waals surface area contributed by atoms with Gasteiger partial charge in [0.2, 0.25) is 0 Å². The quantitative estimate of drug-likeness (QED) is 0.167. The van der Waals surface area contributed by atoms with E-state index in [0.29, 0.717) is 16.8 Å². The van der Waals surface area contributed by atoms with Crippen molar-refractivity contribution < 1.29 is 28.8 Å². The molecule has 0 unspecified atom stereocenters. The average Bonchev–Trinajstić information content (AvgIpc) is 3.93. The number of para-hydroxylation sites is 6. The largest absolute Gasteiger partial charge is 0.309 e. The number of nitrogens with zero attached hydrogens (tertiary/aromatic N) is 3. The van der Waals surface area contributed by atoms with Crippen LogP contribution in [0, 0.1) is 0 Å². The zero-order valence-electron chi connectivity index (χ0n) is 50.4. The number of aromatic nitrogens is 3. The zero-order chi connectivity index (χ0) is 55.7. The highest BCUT2D eigenvalue weighted by Gasteiger charge is 2.22. The summed E-state index contributed by atoms with van der Waals surface area (Å²) >= 11 is 0. The second-order valence-corrected chi connectivity index (χ2v) is 13.3. The Balaban J connectivity index is 1.34. The van der Waals surface area contributed by atoms with Gasteiger partial charge in [-0.3, -0.25) is 0 Å². The predicted octanol–water partition coefficient (Wildman–Crippen LogP) is 14.3. The van der Waals surface area contributed by atoms with Gasteiger partial charge in [-0.1, -0.05) is 151 Å². The Hall–Kier alpha value is -7.62. The van der Waals surface area contributed by atoms with E-state index >= 15 is 0 Å². The van der Waals surface area contributed by atoms with Gasteiger partial charge in [-0.25, -0.2) is 0 Å². The standard InChI is InChI=1S/C54H35N3/c1-3-17-36(18-4-1)39-21-7-11-27-46(39)56-49-30-14-10-24-44(49)53-40(25-15-31-51(53)56)37-33-34-50-45(35-37)42-23-9-13-29-48(42)57(50)52-32-16-26-43-41-22-8-12-28-47(41)55(54(43)52)38-19-5-2-6-20-38/h1-35H/i8D,9D,10D,12D,13D,14D,15D,16D,22D,23D,24D,25D,26D,28D,29D,30D,31D,32D,33D,34D,35D. The summed E-state index contributed by atoms with van der Waals surface area (Å²) in [7, 11) is 0. The van der Waals surface area contributed by atoms with Gasteiger partial charge < -0.3 is 13.7 Å². The van der Waals surface area contributed by atoms with Gasteiger partial charge in [0.15, 0.2) is 0 Å². The van der Waals surface area contributed by atoms with Crippen LogP contribution in [-0.2, 0) is 0 Å². The minimum atomic E-state index is -0.862. The maximum absolute atomic E-state index is 10.3. The fourth-order valence-electron chi connectivity index (χ4n) is 7.95. The molecule has 0 fully saturated rings. The van der Waals surface area contributed by atoms with E-state index in [1.165, 1.54) is 9.13 Å². The summed E-state index contributed by atoms with van der Waals surface area (Å²) in [5.74, 6) is 0. The van der Waals surface area contributed by atoms with E-state index < -0.39 is 166 Å². The fraction of sp³-hybridized carbons (Fsp3) is 0. The van der Waals surface area contributed by atoms with Gasteiger partial charge in [-0.05, 0) is 77.2 Å². The highest BCUT2D eigenvalue weighted by molar-refractivity contribution is 6.19. The molecule has 0 saturated heterocycles. The van der Waals surface area contributed by atoms with Gasteiger partial charge in [-0.15, -0.1) is 0 Å². The summed E-state index contributed by atoms with van der Waals surface area (Å²) in [6.45, 7) is 0. The first-order valence-corrected chi connectivity index (χ1v) is 17.9. The molecule has 0 saturated carbocycles. The Morgan fingerprint density at radius 1 is 0.333 bits per heavy atom. The molecule has 3 nitrogen and oxygen atoms in total. The van der Waals surface area contributed by atoms with Crippen LogP contribution in [0.5, 0.6) is 0 Å². The lowest BCUT2D eigenvalue weighted by Crippen LogP contribution is -2.00. The van der Waals surface area contributed by atoms with Crippen molar-refractivity contribution in [2.75, 3.05) is 0 Å². The monoisotopic (exact) mass is 746 g/mol. The molecule has 0 spiro atoms. The van der Waals surface area contributed by atoms with Crippen molar-refractivity contribution >= 4 is 65.4 Å². The maximum Gasteiger partial charge on any atom is 0.0782 e. The molecular formula is C54H35N3. The summed E-state index contributed by atoms with van der Waals surface area (Å²) in [5, 5.41) is -1.90. The topological polar surface area (TPSA) is 14.8 Å². The Morgan fingerprint density at radius 2 is 0.895 bits per heavy atom. The second-order valence-electron chi connectivity index (χ2n) is 13.3. The van der Waals surface area contributed by atoms with E-state index in [2.05, 4.69) is 0 Å². The molecule has 0 bridgehead atoms. The van der Waals surface area contributed by atoms with Crippen LogP contribution >= 0.6 is 0 Å². The molecule has 3 aromatic heterocycles. The van der Waals surface area contributed by atoms with Gasteiger partial charge in [0.25, 0.3) is 0 Å². The Labute approximate surface area is 359 Å². The number of benzene rings is 9. The molecule has 3 heterocycles. The predicted molar refractivity (Wildman–Crippen MR) is 240 cm³/mol. The average molecular weight is 747 g/mol. The van der Waals surface area contributed by atoms with Crippen LogP contribution in [0.2, 0.25) is 0 Å². The number of hydrogen-bond donors (Lipinski definition) is 0. The number of hydrogen-bond acceptors (Lipinski definition) is 0. The molecule has 0 atom stereocenters. The summed E-state index contributed by atoms with van der Waals surface area (Å²) in [4.78, 5) is 0. The molecule has 0 radical (unpaired) electrons. The van der Waals surface area contributed by atoms with Gasteiger partial charge in [0.05, 0.1) is 73.3 Å². The first-order valence-electron chi connectivity index (χ1n) is 28.4. The van der Waals surface area contributed by atoms with E-state index in [1.807, 2.05) is 12.1 Å². The first kappa shape index (κ1) is 17.5. The summed E-state index contributed by atoms with van der Waals surface area (Å²) in [6.07, 6.45) is 0. The van der Waals surface area contributed by atoms with Crippen LogP contribution in [0.4, 0.5) is 0 Å². The molecule has 12 rings (SSSR count). The zero-order valence-corrected chi connectivity index (χ0v) is 29.4. The third kappa shape index (κ3) is 4.66. The molecule has 0 N–H and O–H groups in total. The lowest BCUT2D eigenvalue weighted by atomic mass is 9.98. The summed E-state index contributed by atoms with van der Waals surface area (Å²) < 4.78 is 200. The van der Waals surface area contributed by atoms with Gasteiger partial charge in [-0.2, -0.15) is 0 Å². The van der Waals surface area contributed by atoms with Crippen molar-refractivity contribution in [1.82, 2.24) is 13.7 Å². The van der Waals surface area contributed by atoms with E-state index in [9.17, 15) is 19.2 Å². The number of rotatable bonds is 5. The molecule has 12 aromatic rings. The normalized spacial score (nSPS) is 17.0. The van der Waals surface area contributed by atoms with Crippen molar-refractivity contribution in [1.29, 1.82) is 0 Å². The molecule has 0 aliphatic heterocycles. The van der Waals surface area contributed by atoms with Gasteiger partial charge >= 0.3 is 0 Å². The molecular weight excluding hydrogens is 691 g/mol. The Kier molecular flexibility index (Phi) is 3.81. The SMILES string of the molecule is [2H]c1c([2H])c([2H])c2c(c1[2H])c1c([2H])c([2H])c([2H])c(-n3c4c([2H])c([2H])c([2H])c([2H])c4c4c([2H])c(-c5c([2H])c([2H])c([2H])c6c5c5c([2H])c([2H])c([2H])c([2H])c5n6-c5ccccc5-c5ccccc5)c([2H])c([2H])c43)c1n2-c1ccccc1. The van der Waals surface area contributed by atoms with Gasteiger partial charge in [0, 0.05) is 43.6 Å². The Bertz CT molecular complexity index is 4740. The van der Waals surface area contributed by atoms with Crippen molar-refractivity contribution in [3.8, 4) is 39.3 Å². The van der Waals surface area contributed by atoms with Crippen molar-refractivity contribution in [2.24, 2.45) is 0 Å². The summed E-state index contributed by atoms with van der Waals surface area (Å²) in [5.41, 5.74) is -1.57. The maximum atomic E-state index is 10.3. The molecule has 0 amide bonds. The fourth-order valence-corrected chi connectivity index (χ4v) is 7.95.